The number of thiazole rings is 1. The normalized spacial score (nSPS) is 28.9. The van der Waals surface area contributed by atoms with Crippen molar-refractivity contribution in [1.82, 2.24) is 14.8 Å². The van der Waals surface area contributed by atoms with Gasteiger partial charge in [-0.05, 0) is 37.8 Å². The number of benzene rings is 1. The molecule has 0 radical (unpaired) electrons. The third kappa shape index (κ3) is 2.91. The van der Waals surface area contributed by atoms with Crippen LogP contribution in [0.2, 0.25) is 0 Å². The van der Waals surface area contributed by atoms with Crippen LogP contribution in [-0.4, -0.2) is 39.8 Å². The van der Waals surface area contributed by atoms with Crippen LogP contribution in [-0.2, 0) is 9.59 Å². The first kappa shape index (κ1) is 17.1. The first-order valence-electron chi connectivity index (χ1n) is 9.82. The van der Waals surface area contributed by atoms with Crippen LogP contribution in [0.3, 0.4) is 0 Å². The summed E-state index contributed by atoms with van der Waals surface area (Å²) >= 11 is 1.74. The summed E-state index contributed by atoms with van der Waals surface area (Å²) in [5.74, 6) is -0.257. The summed E-state index contributed by atoms with van der Waals surface area (Å²) in [6, 6.07) is 8.41. The number of hydrogen-bond acceptors (Lipinski definition) is 5. The molecule has 27 heavy (non-hydrogen) atoms. The Labute approximate surface area is 162 Å². The zero-order valence-electron chi connectivity index (χ0n) is 15.2. The van der Waals surface area contributed by atoms with Crippen molar-refractivity contribution in [1.29, 1.82) is 0 Å². The maximum absolute atomic E-state index is 12.8. The van der Waals surface area contributed by atoms with Crippen LogP contribution in [0.25, 0.3) is 10.2 Å². The Balaban J connectivity index is 1.39. The zero-order valence-corrected chi connectivity index (χ0v) is 16.0. The molecule has 140 valence electrons. The minimum Gasteiger partial charge on any atom is -0.276 e. The Morgan fingerprint density at radius 2 is 1.78 bits per heavy atom. The van der Waals surface area contributed by atoms with Crippen molar-refractivity contribution in [2.75, 3.05) is 13.2 Å². The summed E-state index contributed by atoms with van der Waals surface area (Å²) in [4.78, 5) is 34.3. The van der Waals surface area contributed by atoms with Gasteiger partial charge in [0.05, 0.1) is 34.8 Å². The van der Waals surface area contributed by atoms with Crippen molar-refractivity contribution < 1.29 is 9.59 Å². The number of imide groups is 1. The molecule has 0 bridgehead atoms. The second-order valence-electron chi connectivity index (χ2n) is 7.75. The fourth-order valence-electron chi connectivity index (χ4n) is 4.66. The van der Waals surface area contributed by atoms with Gasteiger partial charge < -0.3 is 0 Å². The SMILES string of the molecule is O=C1[C@H]2CC=CC[C@H]2C(=O)N1CN1CCCC[C@H]1c1nc2ccccc2s1. The second-order valence-corrected chi connectivity index (χ2v) is 8.81. The van der Waals surface area contributed by atoms with Gasteiger partial charge in [-0.2, -0.15) is 0 Å². The molecule has 1 aromatic heterocycles. The van der Waals surface area contributed by atoms with Crippen LogP contribution >= 0.6 is 11.3 Å². The van der Waals surface area contributed by atoms with Crippen molar-refractivity contribution in [3.05, 3.63) is 41.4 Å². The van der Waals surface area contributed by atoms with Crippen molar-refractivity contribution in [3.8, 4) is 0 Å². The van der Waals surface area contributed by atoms with Crippen LogP contribution < -0.4 is 0 Å². The van der Waals surface area contributed by atoms with E-state index in [1.165, 1.54) is 9.60 Å². The molecule has 5 nitrogen and oxygen atoms in total. The number of rotatable bonds is 3. The maximum Gasteiger partial charge on any atom is 0.234 e. The Morgan fingerprint density at radius 1 is 1.04 bits per heavy atom. The van der Waals surface area contributed by atoms with E-state index in [9.17, 15) is 9.59 Å². The molecule has 5 rings (SSSR count). The molecule has 2 aromatic rings. The molecule has 0 saturated carbocycles. The quantitative estimate of drug-likeness (QED) is 0.600. The Hall–Kier alpha value is -2.05. The van der Waals surface area contributed by atoms with Gasteiger partial charge in [0, 0.05) is 6.54 Å². The van der Waals surface area contributed by atoms with Gasteiger partial charge in [-0.15, -0.1) is 11.3 Å². The zero-order chi connectivity index (χ0) is 18.4. The largest absolute Gasteiger partial charge is 0.276 e. The number of allylic oxidation sites excluding steroid dienone is 2. The molecule has 0 spiro atoms. The topological polar surface area (TPSA) is 53.5 Å². The highest BCUT2D eigenvalue weighted by molar-refractivity contribution is 7.18. The van der Waals surface area contributed by atoms with Crippen molar-refractivity contribution in [3.63, 3.8) is 0 Å². The van der Waals surface area contributed by atoms with Gasteiger partial charge in [0.15, 0.2) is 0 Å². The third-order valence-corrected chi connectivity index (χ3v) is 7.27. The third-order valence-electron chi connectivity index (χ3n) is 6.13. The minimum atomic E-state index is -0.145. The highest BCUT2D eigenvalue weighted by Crippen LogP contribution is 2.38. The first-order valence-corrected chi connectivity index (χ1v) is 10.6. The second kappa shape index (κ2) is 6.84. The number of hydrogen-bond donors (Lipinski definition) is 0. The smallest absolute Gasteiger partial charge is 0.234 e. The molecule has 2 fully saturated rings. The highest BCUT2D eigenvalue weighted by Gasteiger charge is 2.48. The van der Waals surface area contributed by atoms with E-state index in [0.29, 0.717) is 19.5 Å². The molecule has 3 heterocycles. The number of likely N-dealkylation sites (tertiary alicyclic amines) is 2. The molecule has 0 unspecified atom stereocenters. The molecule has 1 aliphatic carbocycles. The average Bonchev–Trinajstić information content (AvgIpc) is 3.24. The molecular weight excluding hydrogens is 358 g/mol. The van der Waals surface area contributed by atoms with Crippen LogP contribution in [0.1, 0.15) is 43.2 Å². The Kier molecular flexibility index (Phi) is 4.32. The molecule has 3 aliphatic rings. The predicted octanol–water partition coefficient (Wildman–Crippen LogP) is 3.73. The number of piperidine rings is 1. The summed E-state index contributed by atoms with van der Waals surface area (Å²) in [5, 5.41) is 1.11. The predicted molar refractivity (Wildman–Crippen MR) is 105 cm³/mol. The van der Waals surface area contributed by atoms with Crippen LogP contribution in [0.5, 0.6) is 0 Å². The van der Waals surface area contributed by atoms with Crippen molar-refractivity contribution in [2.24, 2.45) is 11.8 Å². The first-order chi connectivity index (χ1) is 13.2. The van der Waals surface area contributed by atoms with Crippen LogP contribution in [0.15, 0.2) is 36.4 Å². The van der Waals surface area contributed by atoms with Crippen molar-refractivity contribution >= 4 is 33.4 Å². The number of amides is 2. The lowest BCUT2D eigenvalue weighted by Gasteiger charge is -2.36. The lowest BCUT2D eigenvalue weighted by atomic mass is 9.85. The monoisotopic (exact) mass is 381 g/mol. The van der Waals surface area contributed by atoms with Gasteiger partial charge in [0.1, 0.15) is 5.01 Å². The van der Waals surface area contributed by atoms with E-state index in [1.54, 1.807) is 11.3 Å². The van der Waals surface area contributed by atoms with E-state index in [0.717, 1.165) is 36.3 Å². The highest BCUT2D eigenvalue weighted by atomic mass is 32.1. The number of nitrogens with zero attached hydrogens (tertiary/aromatic N) is 3. The maximum atomic E-state index is 12.8. The van der Waals surface area contributed by atoms with Crippen LogP contribution in [0, 0.1) is 11.8 Å². The van der Waals surface area contributed by atoms with E-state index in [4.69, 9.17) is 4.98 Å². The molecule has 2 saturated heterocycles. The fourth-order valence-corrected chi connectivity index (χ4v) is 5.80. The Morgan fingerprint density at radius 3 is 2.52 bits per heavy atom. The summed E-state index contributed by atoms with van der Waals surface area (Å²) in [5.41, 5.74) is 1.04. The standard InChI is InChI=1S/C21H23N3O2S/c25-20-14-7-1-2-8-15(14)21(26)24(20)13-23-12-6-5-10-17(23)19-22-16-9-3-4-11-18(16)27-19/h1-4,9,11,14-15,17H,5-8,10,12-13H2/t14-,15+,17-/m0/s1. The van der Waals surface area contributed by atoms with Gasteiger partial charge in [-0.3, -0.25) is 19.4 Å². The van der Waals surface area contributed by atoms with E-state index < -0.39 is 0 Å². The molecule has 6 heteroatoms. The fraction of sp³-hybridized carbons (Fsp3) is 0.476. The van der Waals surface area contributed by atoms with Crippen LogP contribution in [0.4, 0.5) is 0 Å². The summed E-state index contributed by atoms with van der Waals surface area (Å²) in [7, 11) is 0. The molecule has 2 amide bonds. The van der Waals surface area contributed by atoms with Crippen molar-refractivity contribution in [2.45, 2.75) is 38.1 Å². The molecule has 2 aliphatic heterocycles. The summed E-state index contributed by atoms with van der Waals surface area (Å²) in [6.45, 7) is 1.32. The van der Waals surface area contributed by atoms with Gasteiger partial charge >= 0.3 is 0 Å². The van der Waals surface area contributed by atoms with E-state index >= 15 is 0 Å². The number of para-hydroxylation sites is 1. The number of carbonyl (C=O) groups is 2. The lowest BCUT2D eigenvalue weighted by molar-refractivity contribution is -0.143. The number of aromatic nitrogens is 1. The molecule has 1 aromatic carbocycles. The van der Waals surface area contributed by atoms with Gasteiger partial charge in [-0.25, -0.2) is 4.98 Å². The summed E-state index contributed by atoms with van der Waals surface area (Å²) in [6.07, 6.45) is 8.78. The van der Waals surface area contributed by atoms with E-state index in [-0.39, 0.29) is 29.7 Å². The molecular formula is C21H23N3O2S. The van der Waals surface area contributed by atoms with E-state index in [2.05, 4.69) is 11.0 Å². The lowest BCUT2D eigenvalue weighted by Crippen LogP contribution is -2.45. The Bertz CT molecular complexity index is 862. The molecule has 0 N–H and O–H groups in total. The van der Waals surface area contributed by atoms with Gasteiger partial charge in [-0.1, -0.05) is 30.7 Å². The minimum absolute atomic E-state index is 0.0166. The van der Waals surface area contributed by atoms with Gasteiger partial charge in [0.25, 0.3) is 0 Å². The summed E-state index contributed by atoms with van der Waals surface area (Å²) < 4.78 is 1.20. The number of fused-ring (bicyclic) bond motifs is 2. The van der Waals surface area contributed by atoms with E-state index in [1.807, 2.05) is 30.4 Å². The van der Waals surface area contributed by atoms with Gasteiger partial charge in [0.2, 0.25) is 11.8 Å². The average molecular weight is 382 g/mol. The number of carbonyl (C=O) groups excluding carboxylic acids is 2. The molecule has 3 atom stereocenters.